The van der Waals surface area contributed by atoms with Gasteiger partial charge in [0.2, 0.25) is 5.91 Å². The first kappa shape index (κ1) is 17.3. The summed E-state index contributed by atoms with van der Waals surface area (Å²) >= 11 is 0. The van der Waals surface area contributed by atoms with Gasteiger partial charge in [-0.05, 0) is 43.7 Å². The Bertz CT molecular complexity index is 945. The Morgan fingerprint density at radius 2 is 1.92 bits per heavy atom. The van der Waals surface area contributed by atoms with Crippen LogP contribution in [0, 0.1) is 13.8 Å². The molecule has 1 aromatic carbocycles. The lowest BCUT2D eigenvalue weighted by Crippen LogP contribution is -2.11. The molecule has 0 fully saturated rings. The van der Waals surface area contributed by atoms with Crippen LogP contribution in [-0.2, 0) is 4.79 Å². The van der Waals surface area contributed by atoms with E-state index >= 15 is 0 Å². The fourth-order valence-corrected chi connectivity index (χ4v) is 2.45. The van der Waals surface area contributed by atoms with Gasteiger partial charge in [-0.2, -0.15) is 5.10 Å². The van der Waals surface area contributed by atoms with Gasteiger partial charge < -0.3 is 10.1 Å². The molecule has 0 saturated carbocycles. The highest BCUT2D eigenvalue weighted by Gasteiger charge is 2.07. The van der Waals surface area contributed by atoms with Gasteiger partial charge in [0, 0.05) is 17.8 Å². The van der Waals surface area contributed by atoms with Gasteiger partial charge in [0.05, 0.1) is 12.8 Å². The number of aryl methyl sites for hydroxylation is 2. The Labute approximate surface area is 151 Å². The highest BCUT2D eigenvalue weighted by Crippen LogP contribution is 2.14. The number of benzene rings is 1. The van der Waals surface area contributed by atoms with Crippen molar-refractivity contribution in [2.45, 2.75) is 13.8 Å². The maximum absolute atomic E-state index is 12.1. The molecule has 3 aromatic rings. The summed E-state index contributed by atoms with van der Waals surface area (Å²) < 4.78 is 6.81. The number of carbonyl (C=O) groups is 1. The van der Waals surface area contributed by atoms with Crippen molar-refractivity contribution in [1.82, 2.24) is 19.7 Å². The molecule has 1 N–H and O–H groups in total. The fourth-order valence-electron chi connectivity index (χ4n) is 2.45. The summed E-state index contributed by atoms with van der Waals surface area (Å²) in [7, 11) is 1.61. The van der Waals surface area contributed by atoms with E-state index in [0.29, 0.717) is 11.6 Å². The first-order chi connectivity index (χ1) is 12.5. The first-order valence-corrected chi connectivity index (χ1v) is 8.04. The molecule has 3 rings (SSSR count). The topological polar surface area (TPSA) is 81.9 Å². The van der Waals surface area contributed by atoms with Crippen LogP contribution in [0.1, 0.15) is 17.0 Å². The summed E-state index contributed by atoms with van der Waals surface area (Å²) in [4.78, 5) is 20.4. The van der Waals surface area contributed by atoms with Crippen LogP contribution in [-0.4, -0.2) is 32.8 Å². The van der Waals surface area contributed by atoms with Crippen LogP contribution in [0.3, 0.4) is 0 Å². The number of nitrogens with zero attached hydrogens (tertiary/aromatic N) is 4. The molecule has 0 radical (unpaired) electrons. The second-order valence-electron chi connectivity index (χ2n) is 5.70. The van der Waals surface area contributed by atoms with Crippen molar-refractivity contribution in [2.75, 3.05) is 12.4 Å². The molecule has 7 nitrogen and oxygen atoms in total. The van der Waals surface area contributed by atoms with Crippen molar-refractivity contribution in [2.24, 2.45) is 0 Å². The smallest absolute Gasteiger partial charge is 0.249 e. The van der Waals surface area contributed by atoms with Crippen LogP contribution < -0.4 is 10.1 Å². The molecule has 2 heterocycles. The second kappa shape index (κ2) is 7.60. The standard InChI is InChI=1S/C19H19N5O2/c1-13-10-14(2)24(23-13)18-11-17(20-12-21-18)22-19(25)9-6-15-4-7-16(26-3)8-5-15/h4-12H,1-3H3,(H,20,21,22,25)/b9-6+. The van der Waals surface area contributed by atoms with Crippen molar-refractivity contribution in [3.05, 3.63) is 65.8 Å². The SMILES string of the molecule is COc1ccc(/C=C/C(=O)Nc2cc(-n3nc(C)cc3C)ncn2)cc1. The van der Waals surface area contributed by atoms with Gasteiger partial charge in [0.15, 0.2) is 5.82 Å². The highest BCUT2D eigenvalue weighted by molar-refractivity contribution is 6.01. The van der Waals surface area contributed by atoms with E-state index in [2.05, 4.69) is 20.4 Å². The number of ether oxygens (including phenoxy) is 1. The first-order valence-electron chi connectivity index (χ1n) is 8.04. The van der Waals surface area contributed by atoms with Crippen molar-refractivity contribution in [1.29, 1.82) is 0 Å². The number of nitrogens with one attached hydrogen (secondary N) is 1. The lowest BCUT2D eigenvalue weighted by molar-refractivity contribution is -0.111. The molecule has 1 amide bonds. The number of anilines is 1. The lowest BCUT2D eigenvalue weighted by Gasteiger charge is -2.05. The quantitative estimate of drug-likeness (QED) is 0.716. The average molecular weight is 349 g/mol. The number of amides is 1. The molecular weight excluding hydrogens is 330 g/mol. The van der Waals surface area contributed by atoms with Crippen LogP contribution in [0.4, 0.5) is 5.82 Å². The largest absolute Gasteiger partial charge is 0.497 e. The van der Waals surface area contributed by atoms with Gasteiger partial charge in [-0.1, -0.05) is 12.1 Å². The minimum absolute atomic E-state index is 0.279. The monoisotopic (exact) mass is 349 g/mol. The molecule has 26 heavy (non-hydrogen) atoms. The Hall–Kier alpha value is -3.48. The number of carbonyl (C=O) groups excluding carboxylic acids is 1. The third-order valence-electron chi connectivity index (χ3n) is 3.67. The molecule has 0 spiro atoms. The zero-order valence-corrected chi connectivity index (χ0v) is 14.8. The highest BCUT2D eigenvalue weighted by atomic mass is 16.5. The number of rotatable bonds is 5. The van der Waals surface area contributed by atoms with E-state index in [-0.39, 0.29) is 5.91 Å². The van der Waals surface area contributed by atoms with Gasteiger partial charge in [-0.25, -0.2) is 14.6 Å². The molecule has 2 aromatic heterocycles. The molecule has 0 aliphatic rings. The zero-order valence-electron chi connectivity index (χ0n) is 14.8. The predicted molar refractivity (Wildman–Crippen MR) is 99.3 cm³/mol. The van der Waals surface area contributed by atoms with Crippen LogP contribution in [0.5, 0.6) is 5.75 Å². The van der Waals surface area contributed by atoms with Gasteiger partial charge in [0.1, 0.15) is 17.9 Å². The van der Waals surface area contributed by atoms with Crippen LogP contribution in [0.2, 0.25) is 0 Å². The average Bonchev–Trinajstić information content (AvgIpc) is 2.99. The third kappa shape index (κ3) is 4.13. The second-order valence-corrected chi connectivity index (χ2v) is 5.70. The number of hydrogen-bond acceptors (Lipinski definition) is 5. The van der Waals surface area contributed by atoms with Crippen LogP contribution in [0.25, 0.3) is 11.9 Å². The molecule has 132 valence electrons. The summed E-state index contributed by atoms with van der Waals surface area (Å²) in [5, 5.41) is 7.11. The minimum Gasteiger partial charge on any atom is -0.497 e. The van der Waals surface area contributed by atoms with E-state index in [1.54, 1.807) is 23.9 Å². The van der Waals surface area contributed by atoms with E-state index < -0.39 is 0 Å². The van der Waals surface area contributed by atoms with Crippen molar-refractivity contribution >= 4 is 17.8 Å². The predicted octanol–water partition coefficient (Wildman–Crippen LogP) is 2.94. The Morgan fingerprint density at radius 1 is 1.15 bits per heavy atom. The van der Waals surface area contributed by atoms with Crippen molar-refractivity contribution in [3.63, 3.8) is 0 Å². The van der Waals surface area contributed by atoms with E-state index in [1.807, 2.05) is 44.2 Å². The summed E-state index contributed by atoms with van der Waals surface area (Å²) in [5.74, 6) is 1.50. The van der Waals surface area contributed by atoms with Gasteiger partial charge in [0.25, 0.3) is 0 Å². The van der Waals surface area contributed by atoms with E-state index in [1.165, 1.54) is 12.4 Å². The molecule has 0 aliphatic heterocycles. The van der Waals surface area contributed by atoms with Gasteiger partial charge >= 0.3 is 0 Å². The van der Waals surface area contributed by atoms with Crippen LogP contribution >= 0.6 is 0 Å². The maximum atomic E-state index is 12.1. The summed E-state index contributed by atoms with van der Waals surface area (Å²) in [6.07, 6.45) is 4.57. The van der Waals surface area contributed by atoms with E-state index in [9.17, 15) is 4.79 Å². The van der Waals surface area contributed by atoms with Crippen molar-refractivity contribution < 1.29 is 9.53 Å². The molecule has 0 saturated heterocycles. The van der Waals surface area contributed by atoms with Crippen molar-refractivity contribution in [3.8, 4) is 11.6 Å². The Morgan fingerprint density at radius 3 is 2.58 bits per heavy atom. The number of hydrogen-bond donors (Lipinski definition) is 1. The Balaban J connectivity index is 1.70. The minimum atomic E-state index is -0.279. The fraction of sp³-hybridized carbons (Fsp3) is 0.158. The summed E-state index contributed by atoms with van der Waals surface area (Å²) in [6.45, 7) is 3.86. The normalized spacial score (nSPS) is 10.9. The number of aromatic nitrogens is 4. The van der Waals surface area contributed by atoms with Crippen LogP contribution in [0.15, 0.2) is 48.8 Å². The summed E-state index contributed by atoms with van der Waals surface area (Å²) in [6, 6.07) is 11.0. The maximum Gasteiger partial charge on any atom is 0.249 e. The summed E-state index contributed by atoms with van der Waals surface area (Å²) in [5.41, 5.74) is 2.75. The molecule has 0 atom stereocenters. The zero-order chi connectivity index (χ0) is 18.5. The van der Waals surface area contributed by atoms with Gasteiger partial charge in [-0.15, -0.1) is 0 Å². The lowest BCUT2D eigenvalue weighted by atomic mass is 10.2. The van der Waals surface area contributed by atoms with E-state index in [0.717, 1.165) is 22.7 Å². The Kier molecular flexibility index (Phi) is 5.07. The number of methoxy groups -OCH3 is 1. The van der Waals surface area contributed by atoms with E-state index in [4.69, 9.17) is 4.74 Å². The third-order valence-corrected chi connectivity index (χ3v) is 3.67. The van der Waals surface area contributed by atoms with Gasteiger partial charge in [-0.3, -0.25) is 4.79 Å². The molecule has 0 unspecified atom stereocenters. The molecule has 0 bridgehead atoms. The molecule has 7 heteroatoms. The molecule has 0 aliphatic carbocycles. The molecular formula is C19H19N5O2.